The van der Waals surface area contributed by atoms with Gasteiger partial charge in [-0.25, -0.2) is 8.42 Å². The molecule has 0 amide bonds. The number of benzene rings is 2. The van der Waals surface area contributed by atoms with Crippen molar-refractivity contribution in [2.45, 2.75) is 4.90 Å². The summed E-state index contributed by atoms with van der Waals surface area (Å²) in [5.41, 5.74) is 1.58. The summed E-state index contributed by atoms with van der Waals surface area (Å²) >= 11 is 1.54. The van der Waals surface area contributed by atoms with Gasteiger partial charge < -0.3 is 0 Å². The molecule has 4 heteroatoms. The molecule has 0 aliphatic heterocycles. The van der Waals surface area contributed by atoms with Crippen molar-refractivity contribution >= 4 is 32.2 Å². The molecule has 22 heavy (non-hydrogen) atoms. The standard InChI is InChI=1S/C18H14O2S2/c19-22(20,17-9-5-2-6-10-17)18(13-15-11-12-21-14-15)16-7-3-1-4-8-16/h1-14H/b18-13+. The molecule has 2 aromatic carbocycles. The van der Waals surface area contributed by atoms with Crippen LogP contribution in [0.15, 0.2) is 82.4 Å². The Hall–Kier alpha value is -2.17. The predicted octanol–water partition coefficient (Wildman–Crippen LogP) is 4.72. The number of rotatable bonds is 4. The van der Waals surface area contributed by atoms with Crippen LogP contribution < -0.4 is 0 Å². The van der Waals surface area contributed by atoms with Crippen molar-refractivity contribution in [1.29, 1.82) is 0 Å². The SMILES string of the molecule is O=S(=O)(/C(=C/c1ccsc1)c1ccccc1)c1ccccc1. The number of thiophene rings is 1. The molecule has 0 atom stereocenters. The van der Waals surface area contributed by atoms with Crippen molar-refractivity contribution < 1.29 is 8.42 Å². The Bertz CT molecular complexity index is 863. The van der Waals surface area contributed by atoms with Crippen LogP contribution in [-0.4, -0.2) is 8.42 Å². The molecule has 0 unspecified atom stereocenters. The Labute approximate surface area is 134 Å². The van der Waals surface area contributed by atoms with Gasteiger partial charge in [-0.2, -0.15) is 11.3 Å². The zero-order chi connectivity index (χ0) is 15.4. The fourth-order valence-electron chi connectivity index (χ4n) is 2.15. The highest BCUT2D eigenvalue weighted by molar-refractivity contribution is 8.00. The van der Waals surface area contributed by atoms with E-state index in [0.717, 1.165) is 5.56 Å². The van der Waals surface area contributed by atoms with E-state index in [1.807, 2.05) is 53.2 Å². The van der Waals surface area contributed by atoms with Crippen molar-refractivity contribution in [2.75, 3.05) is 0 Å². The Morgan fingerprint density at radius 2 is 1.50 bits per heavy atom. The lowest BCUT2D eigenvalue weighted by Crippen LogP contribution is -2.04. The summed E-state index contributed by atoms with van der Waals surface area (Å²) < 4.78 is 26.0. The van der Waals surface area contributed by atoms with Crippen molar-refractivity contribution in [1.82, 2.24) is 0 Å². The Morgan fingerprint density at radius 1 is 0.864 bits per heavy atom. The van der Waals surface area contributed by atoms with Gasteiger partial charge in [0, 0.05) is 0 Å². The highest BCUT2D eigenvalue weighted by Crippen LogP contribution is 2.30. The first-order valence-corrected chi connectivity index (χ1v) is 9.20. The van der Waals surface area contributed by atoms with Gasteiger partial charge in [-0.15, -0.1) is 0 Å². The second-order valence-electron chi connectivity index (χ2n) is 4.75. The number of sulfone groups is 1. The van der Waals surface area contributed by atoms with E-state index in [0.29, 0.717) is 15.4 Å². The van der Waals surface area contributed by atoms with Crippen LogP contribution in [-0.2, 0) is 9.84 Å². The van der Waals surface area contributed by atoms with Crippen LogP contribution in [0, 0.1) is 0 Å². The molecule has 3 aromatic rings. The van der Waals surface area contributed by atoms with Crippen molar-refractivity contribution in [3.8, 4) is 0 Å². The zero-order valence-electron chi connectivity index (χ0n) is 11.7. The van der Waals surface area contributed by atoms with Crippen molar-refractivity contribution in [2.24, 2.45) is 0 Å². The number of hydrogen-bond acceptors (Lipinski definition) is 3. The maximum absolute atomic E-state index is 13.0. The minimum atomic E-state index is -3.56. The second-order valence-corrected chi connectivity index (χ2v) is 7.45. The van der Waals surface area contributed by atoms with E-state index in [1.165, 1.54) is 0 Å². The molecule has 110 valence electrons. The van der Waals surface area contributed by atoms with Gasteiger partial charge in [-0.05, 0) is 46.2 Å². The third-order valence-corrected chi connectivity index (χ3v) is 5.77. The molecular formula is C18H14O2S2. The maximum atomic E-state index is 13.0. The van der Waals surface area contributed by atoms with E-state index in [4.69, 9.17) is 0 Å². The summed E-state index contributed by atoms with van der Waals surface area (Å²) in [6.07, 6.45) is 1.73. The van der Waals surface area contributed by atoms with Gasteiger partial charge in [0.25, 0.3) is 0 Å². The van der Waals surface area contributed by atoms with E-state index in [9.17, 15) is 8.42 Å². The maximum Gasteiger partial charge on any atom is 0.207 e. The Kier molecular flexibility index (Phi) is 4.22. The monoisotopic (exact) mass is 326 g/mol. The molecular weight excluding hydrogens is 312 g/mol. The van der Waals surface area contributed by atoms with E-state index in [2.05, 4.69) is 0 Å². The third kappa shape index (κ3) is 3.03. The normalized spacial score (nSPS) is 12.3. The largest absolute Gasteiger partial charge is 0.218 e. The van der Waals surface area contributed by atoms with Crippen LogP contribution in [0.25, 0.3) is 11.0 Å². The average molecular weight is 326 g/mol. The molecule has 1 aromatic heterocycles. The first kappa shape index (κ1) is 14.8. The van der Waals surface area contributed by atoms with Gasteiger partial charge in [-0.1, -0.05) is 48.5 Å². The third-order valence-electron chi connectivity index (χ3n) is 3.24. The molecule has 0 saturated heterocycles. The molecule has 0 aliphatic rings. The minimum absolute atomic E-state index is 0.306. The molecule has 0 radical (unpaired) electrons. The Morgan fingerprint density at radius 3 is 2.09 bits per heavy atom. The van der Waals surface area contributed by atoms with Gasteiger partial charge in [0.2, 0.25) is 9.84 Å². The van der Waals surface area contributed by atoms with Gasteiger partial charge in [0.15, 0.2) is 0 Å². The van der Waals surface area contributed by atoms with Gasteiger partial charge in [0.1, 0.15) is 0 Å². The predicted molar refractivity (Wildman–Crippen MR) is 92.3 cm³/mol. The first-order chi connectivity index (χ1) is 10.7. The van der Waals surface area contributed by atoms with E-state index in [1.54, 1.807) is 41.7 Å². The van der Waals surface area contributed by atoms with E-state index >= 15 is 0 Å². The molecule has 0 fully saturated rings. The quantitative estimate of drug-likeness (QED) is 0.695. The topological polar surface area (TPSA) is 34.1 Å². The smallest absolute Gasteiger partial charge is 0.207 e. The summed E-state index contributed by atoms with van der Waals surface area (Å²) in [6.45, 7) is 0. The molecule has 0 bridgehead atoms. The highest BCUT2D eigenvalue weighted by atomic mass is 32.2. The summed E-state index contributed by atoms with van der Waals surface area (Å²) in [4.78, 5) is 0.623. The van der Waals surface area contributed by atoms with Crippen LogP contribution in [0.4, 0.5) is 0 Å². The van der Waals surface area contributed by atoms with Gasteiger partial charge in [-0.3, -0.25) is 0 Å². The van der Waals surface area contributed by atoms with Crippen LogP contribution in [0.3, 0.4) is 0 Å². The van der Waals surface area contributed by atoms with Crippen LogP contribution in [0.1, 0.15) is 11.1 Å². The summed E-state index contributed by atoms with van der Waals surface area (Å²) in [5, 5.41) is 3.87. The van der Waals surface area contributed by atoms with Gasteiger partial charge >= 0.3 is 0 Å². The van der Waals surface area contributed by atoms with Crippen molar-refractivity contribution in [3.63, 3.8) is 0 Å². The first-order valence-electron chi connectivity index (χ1n) is 6.77. The molecule has 2 nitrogen and oxygen atoms in total. The minimum Gasteiger partial charge on any atom is -0.218 e. The van der Waals surface area contributed by atoms with Crippen LogP contribution in [0.5, 0.6) is 0 Å². The van der Waals surface area contributed by atoms with Crippen LogP contribution >= 0.6 is 11.3 Å². The summed E-state index contributed by atoms with van der Waals surface area (Å²) in [5.74, 6) is 0. The second kappa shape index (κ2) is 6.30. The fraction of sp³-hybridized carbons (Fsp3) is 0. The molecule has 0 saturated carbocycles. The molecule has 0 spiro atoms. The Balaban J connectivity index is 2.19. The molecule has 3 rings (SSSR count). The van der Waals surface area contributed by atoms with Crippen LogP contribution in [0.2, 0.25) is 0 Å². The highest BCUT2D eigenvalue weighted by Gasteiger charge is 2.22. The lowest BCUT2D eigenvalue weighted by Gasteiger charge is -2.09. The molecule has 1 heterocycles. The molecule has 0 N–H and O–H groups in total. The fourth-order valence-corrected chi connectivity index (χ4v) is 4.28. The summed E-state index contributed by atoms with van der Waals surface area (Å²) in [6, 6.07) is 19.6. The van der Waals surface area contributed by atoms with E-state index < -0.39 is 9.84 Å². The lowest BCUT2D eigenvalue weighted by atomic mass is 10.2. The lowest BCUT2D eigenvalue weighted by molar-refractivity contribution is 0.606. The zero-order valence-corrected chi connectivity index (χ0v) is 13.3. The van der Waals surface area contributed by atoms with E-state index in [-0.39, 0.29) is 0 Å². The summed E-state index contributed by atoms with van der Waals surface area (Å²) in [7, 11) is -3.56. The number of hydrogen-bond donors (Lipinski definition) is 0. The van der Waals surface area contributed by atoms with Gasteiger partial charge in [0.05, 0.1) is 9.80 Å². The average Bonchev–Trinajstić information content (AvgIpc) is 3.07. The molecule has 0 aliphatic carbocycles. The van der Waals surface area contributed by atoms with Crippen molar-refractivity contribution in [3.05, 3.63) is 88.6 Å².